The first kappa shape index (κ1) is 20.8. The maximum Gasteiger partial charge on any atom is 0.282 e. The van der Waals surface area contributed by atoms with Crippen LogP contribution in [0.1, 0.15) is 11.1 Å². The number of carbonyl (C=O) groups is 2. The van der Waals surface area contributed by atoms with E-state index in [2.05, 4.69) is 23.6 Å². The molecule has 0 unspecified atom stereocenters. The molecule has 0 radical (unpaired) electrons. The largest absolute Gasteiger partial charge is 0.487 e. The third kappa shape index (κ3) is 4.19. The summed E-state index contributed by atoms with van der Waals surface area (Å²) in [6, 6.07) is 28.3. The molecule has 1 heterocycles. The first-order valence-electron chi connectivity index (χ1n) is 10.4. The topological polar surface area (TPSA) is 58.6 Å². The van der Waals surface area contributed by atoms with Gasteiger partial charge in [-0.2, -0.15) is 0 Å². The molecule has 2 amide bonds. The average molecular weight is 455 g/mol. The number of amides is 2. The molecule has 1 aliphatic heterocycles. The second kappa shape index (κ2) is 8.81. The summed E-state index contributed by atoms with van der Waals surface area (Å²) in [5, 5.41) is 3.91. The van der Waals surface area contributed by atoms with Crippen molar-refractivity contribution >= 4 is 46.0 Å². The van der Waals surface area contributed by atoms with Gasteiger partial charge in [0.15, 0.2) is 0 Å². The number of hydrogen-bond donors (Lipinski definition) is 1. The van der Waals surface area contributed by atoms with Crippen molar-refractivity contribution in [2.24, 2.45) is 0 Å². The van der Waals surface area contributed by atoms with Crippen LogP contribution in [-0.2, 0) is 16.2 Å². The second-order valence-corrected chi connectivity index (χ2v) is 8.00. The molecule has 1 fully saturated rings. The molecule has 1 saturated heterocycles. The van der Waals surface area contributed by atoms with E-state index in [-0.39, 0.29) is 5.57 Å². The standard InChI is InChI=1S/C27H19ClN2O3/c28-24-16-18(15-23-26(31)29-30(27(23)32)21-10-2-1-3-11-21)13-14-25(24)33-17-20-9-6-8-19-7-4-5-12-22(19)20/h1-16H,17H2,(H,29,31)/b23-15-. The minimum absolute atomic E-state index is 0.0411. The molecule has 6 heteroatoms. The monoisotopic (exact) mass is 454 g/mol. The van der Waals surface area contributed by atoms with Crippen molar-refractivity contribution in [1.82, 2.24) is 5.43 Å². The van der Waals surface area contributed by atoms with Crippen LogP contribution in [0.5, 0.6) is 5.75 Å². The number of rotatable bonds is 5. The maximum absolute atomic E-state index is 12.8. The SMILES string of the molecule is O=C1NN(c2ccccc2)C(=O)/C1=C\c1ccc(OCc2cccc3ccccc23)c(Cl)c1. The predicted molar refractivity (Wildman–Crippen MR) is 130 cm³/mol. The van der Waals surface area contributed by atoms with E-state index >= 15 is 0 Å². The fourth-order valence-corrected chi connectivity index (χ4v) is 4.02. The van der Waals surface area contributed by atoms with Crippen molar-refractivity contribution in [1.29, 1.82) is 0 Å². The van der Waals surface area contributed by atoms with Crippen LogP contribution in [0.2, 0.25) is 5.02 Å². The van der Waals surface area contributed by atoms with E-state index in [1.54, 1.807) is 42.5 Å². The summed E-state index contributed by atoms with van der Waals surface area (Å²) < 4.78 is 5.97. The van der Waals surface area contributed by atoms with Crippen LogP contribution in [0.4, 0.5) is 5.69 Å². The van der Waals surface area contributed by atoms with E-state index in [0.717, 1.165) is 16.3 Å². The van der Waals surface area contributed by atoms with Gasteiger partial charge in [-0.15, -0.1) is 0 Å². The summed E-state index contributed by atoms with van der Waals surface area (Å²) in [6.07, 6.45) is 1.53. The zero-order valence-corrected chi connectivity index (χ0v) is 18.3. The van der Waals surface area contributed by atoms with E-state index in [0.29, 0.717) is 28.6 Å². The van der Waals surface area contributed by atoms with Gasteiger partial charge in [-0.05, 0) is 52.2 Å². The number of benzene rings is 4. The van der Waals surface area contributed by atoms with Crippen LogP contribution >= 0.6 is 11.6 Å². The fraction of sp³-hybridized carbons (Fsp3) is 0.0370. The molecule has 0 aliphatic carbocycles. The number of ether oxygens (including phenoxy) is 1. The Morgan fingerprint density at radius 3 is 2.45 bits per heavy atom. The Hall–Kier alpha value is -4.09. The van der Waals surface area contributed by atoms with Gasteiger partial charge in [0.1, 0.15) is 17.9 Å². The van der Waals surface area contributed by atoms with Crippen LogP contribution in [0.25, 0.3) is 16.8 Å². The lowest BCUT2D eigenvalue weighted by Crippen LogP contribution is -2.35. The van der Waals surface area contributed by atoms with Gasteiger partial charge in [0, 0.05) is 0 Å². The molecule has 0 saturated carbocycles. The molecule has 33 heavy (non-hydrogen) atoms. The zero-order valence-electron chi connectivity index (χ0n) is 17.5. The lowest BCUT2D eigenvalue weighted by molar-refractivity contribution is -0.117. The zero-order chi connectivity index (χ0) is 22.8. The van der Waals surface area contributed by atoms with Crippen LogP contribution in [0, 0.1) is 0 Å². The number of hydrazine groups is 1. The summed E-state index contributed by atoms with van der Waals surface area (Å²) in [6.45, 7) is 0.369. The fourth-order valence-electron chi connectivity index (χ4n) is 3.78. The summed E-state index contributed by atoms with van der Waals surface area (Å²) in [5.41, 5.74) is 4.91. The first-order chi connectivity index (χ1) is 16.1. The van der Waals surface area contributed by atoms with Gasteiger partial charge >= 0.3 is 0 Å². The highest BCUT2D eigenvalue weighted by molar-refractivity contribution is 6.33. The number of carbonyl (C=O) groups excluding carboxylic acids is 2. The van der Waals surface area contributed by atoms with Crippen molar-refractivity contribution in [2.75, 3.05) is 5.01 Å². The highest BCUT2D eigenvalue weighted by Crippen LogP contribution is 2.29. The summed E-state index contributed by atoms with van der Waals surface area (Å²) in [5.74, 6) is -0.352. The highest BCUT2D eigenvalue weighted by Gasteiger charge is 2.34. The van der Waals surface area contributed by atoms with Gasteiger partial charge < -0.3 is 4.74 Å². The third-order valence-electron chi connectivity index (χ3n) is 5.44. The normalized spacial score (nSPS) is 14.7. The van der Waals surface area contributed by atoms with Crippen LogP contribution in [-0.4, -0.2) is 11.8 Å². The Morgan fingerprint density at radius 1 is 0.879 bits per heavy atom. The molecule has 1 N–H and O–H groups in total. The molecule has 0 bridgehead atoms. The number of nitrogens with one attached hydrogen (secondary N) is 1. The molecule has 0 aromatic heterocycles. The molecular weight excluding hydrogens is 436 g/mol. The Morgan fingerprint density at radius 2 is 1.64 bits per heavy atom. The lowest BCUT2D eigenvalue weighted by Gasteiger charge is -2.13. The maximum atomic E-state index is 12.8. The minimum atomic E-state index is -0.462. The van der Waals surface area contributed by atoms with E-state index in [4.69, 9.17) is 16.3 Å². The first-order valence-corrected chi connectivity index (χ1v) is 10.8. The highest BCUT2D eigenvalue weighted by atomic mass is 35.5. The minimum Gasteiger partial charge on any atom is -0.487 e. The van der Waals surface area contributed by atoms with Crippen molar-refractivity contribution in [3.05, 3.63) is 113 Å². The lowest BCUT2D eigenvalue weighted by atomic mass is 10.1. The van der Waals surface area contributed by atoms with Gasteiger partial charge in [0.2, 0.25) is 0 Å². The van der Waals surface area contributed by atoms with Crippen LogP contribution < -0.4 is 15.2 Å². The number of hydrogen-bond acceptors (Lipinski definition) is 3. The second-order valence-electron chi connectivity index (χ2n) is 7.59. The molecule has 0 spiro atoms. The van der Waals surface area contributed by atoms with Crippen molar-refractivity contribution in [2.45, 2.75) is 6.61 Å². The quantitative estimate of drug-likeness (QED) is 0.318. The van der Waals surface area contributed by atoms with Gasteiger partial charge in [-0.25, -0.2) is 5.01 Å². The average Bonchev–Trinajstić information content (AvgIpc) is 3.12. The number of para-hydroxylation sites is 1. The smallest absolute Gasteiger partial charge is 0.282 e. The van der Waals surface area contributed by atoms with Gasteiger partial charge in [-0.3, -0.25) is 15.0 Å². The number of anilines is 1. The molecule has 5 nitrogen and oxygen atoms in total. The van der Waals surface area contributed by atoms with E-state index in [1.165, 1.54) is 11.1 Å². The third-order valence-corrected chi connectivity index (χ3v) is 5.73. The molecule has 162 valence electrons. The predicted octanol–water partition coefficient (Wildman–Crippen LogP) is 5.53. The van der Waals surface area contributed by atoms with E-state index < -0.39 is 11.8 Å². The Labute approximate surface area is 195 Å². The summed E-state index contributed by atoms with van der Waals surface area (Å²) in [7, 11) is 0. The van der Waals surface area contributed by atoms with Crippen LogP contribution in [0.15, 0.2) is 96.6 Å². The summed E-state index contributed by atoms with van der Waals surface area (Å²) in [4.78, 5) is 25.1. The number of halogens is 1. The summed E-state index contributed by atoms with van der Waals surface area (Å²) >= 11 is 6.45. The van der Waals surface area contributed by atoms with Crippen LogP contribution in [0.3, 0.4) is 0 Å². The van der Waals surface area contributed by atoms with Gasteiger partial charge in [0.25, 0.3) is 11.8 Å². The van der Waals surface area contributed by atoms with E-state index in [9.17, 15) is 9.59 Å². The van der Waals surface area contributed by atoms with Gasteiger partial charge in [0.05, 0.1) is 10.7 Å². The Kier molecular flexibility index (Phi) is 5.55. The molecule has 0 atom stereocenters. The van der Waals surface area contributed by atoms with Gasteiger partial charge in [-0.1, -0.05) is 78.3 Å². The van der Waals surface area contributed by atoms with E-state index in [1.807, 2.05) is 30.3 Å². The molecule has 5 rings (SSSR count). The van der Waals surface area contributed by atoms with Crippen molar-refractivity contribution in [3.63, 3.8) is 0 Å². The van der Waals surface area contributed by atoms with Crippen molar-refractivity contribution in [3.8, 4) is 5.75 Å². The number of nitrogens with zero attached hydrogens (tertiary/aromatic N) is 1. The molecule has 4 aromatic carbocycles. The Bertz CT molecular complexity index is 1390. The number of fused-ring (bicyclic) bond motifs is 1. The molecular formula is C27H19ClN2O3. The van der Waals surface area contributed by atoms with Crippen molar-refractivity contribution < 1.29 is 14.3 Å². The molecule has 4 aromatic rings. The molecule has 1 aliphatic rings. The Balaban J connectivity index is 1.34.